The summed E-state index contributed by atoms with van der Waals surface area (Å²) in [6.07, 6.45) is 0. The number of sulfonamides is 1. The van der Waals surface area contributed by atoms with E-state index in [2.05, 4.69) is 20.9 Å². The van der Waals surface area contributed by atoms with Crippen LogP contribution in [0.15, 0.2) is 48.5 Å². The van der Waals surface area contributed by atoms with E-state index in [4.69, 9.17) is 0 Å². The quantitative estimate of drug-likeness (QED) is 0.639. The lowest BCUT2D eigenvalue weighted by atomic mass is 10.1. The normalized spacial score (nSPS) is 19.9. The first-order valence-electron chi connectivity index (χ1n) is 8.29. The fourth-order valence-corrected chi connectivity index (χ4v) is 4.20. The van der Waals surface area contributed by atoms with Crippen molar-refractivity contribution in [2.75, 3.05) is 16.6 Å². The molecule has 7 nitrogen and oxygen atoms in total. The highest BCUT2D eigenvalue weighted by atomic mass is 32.2. The molecule has 0 bridgehead atoms. The molecule has 26 heavy (non-hydrogen) atoms. The second kappa shape index (κ2) is 7.45. The van der Waals surface area contributed by atoms with Crippen LogP contribution in [0, 0.1) is 19.8 Å². The van der Waals surface area contributed by atoms with Crippen LogP contribution >= 0.6 is 0 Å². The fraction of sp³-hybridized carbons (Fsp3) is 0.278. The second-order valence-electron chi connectivity index (χ2n) is 6.42. The van der Waals surface area contributed by atoms with Gasteiger partial charge in [0.05, 0.1) is 5.92 Å². The number of anilines is 2. The van der Waals surface area contributed by atoms with Crippen LogP contribution in [-0.4, -0.2) is 26.2 Å². The molecule has 4 N–H and O–H groups in total. The molecule has 2 atom stereocenters. The van der Waals surface area contributed by atoms with E-state index in [1.54, 1.807) is 24.3 Å². The summed E-state index contributed by atoms with van der Waals surface area (Å²) in [5, 5.41) is 1.70. The van der Waals surface area contributed by atoms with E-state index in [0.717, 1.165) is 11.1 Å². The van der Waals surface area contributed by atoms with Gasteiger partial charge in [-0.3, -0.25) is 14.9 Å². The number of hydrogen-bond acceptors (Lipinski definition) is 5. The summed E-state index contributed by atoms with van der Waals surface area (Å²) in [6, 6.07) is 14.4. The maximum Gasteiger partial charge on any atom is 0.250 e. The van der Waals surface area contributed by atoms with Gasteiger partial charge in [-0.05, 0) is 38.1 Å². The van der Waals surface area contributed by atoms with Gasteiger partial charge in [0.2, 0.25) is 5.91 Å². The van der Waals surface area contributed by atoms with Gasteiger partial charge in [-0.15, -0.1) is 0 Å². The van der Waals surface area contributed by atoms with Crippen LogP contribution in [0.3, 0.4) is 0 Å². The predicted molar refractivity (Wildman–Crippen MR) is 102 cm³/mol. The molecule has 2 aromatic rings. The van der Waals surface area contributed by atoms with Gasteiger partial charge in [0.15, 0.2) is 5.37 Å². The summed E-state index contributed by atoms with van der Waals surface area (Å²) in [7, 11) is -3.80. The summed E-state index contributed by atoms with van der Waals surface area (Å²) >= 11 is 0. The number of nitrogens with one attached hydrogen (secondary N) is 4. The first kappa shape index (κ1) is 18.4. The van der Waals surface area contributed by atoms with Crippen LogP contribution < -0.4 is 20.9 Å². The Labute approximate surface area is 153 Å². The summed E-state index contributed by atoms with van der Waals surface area (Å²) < 4.78 is 27.9. The fourth-order valence-electron chi connectivity index (χ4n) is 2.72. The molecule has 138 valence electrons. The molecule has 0 aliphatic carbocycles. The van der Waals surface area contributed by atoms with Gasteiger partial charge in [-0.1, -0.05) is 35.4 Å². The SMILES string of the molecule is Cc1ccc(NC(=O)C2CNNC2S(=O)(=O)Nc2ccc(C)cc2)cc1. The summed E-state index contributed by atoms with van der Waals surface area (Å²) in [5.74, 6) is -1.12. The van der Waals surface area contributed by atoms with Crippen molar-refractivity contribution in [1.82, 2.24) is 10.9 Å². The topological polar surface area (TPSA) is 99.3 Å². The molecule has 8 heteroatoms. The number of carbonyl (C=O) groups is 1. The van der Waals surface area contributed by atoms with Crippen molar-refractivity contribution in [2.45, 2.75) is 19.2 Å². The Bertz CT molecular complexity index is 880. The van der Waals surface area contributed by atoms with E-state index < -0.39 is 21.3 Å². The van der Waals surface area contributed by atoms with Gasteiger partial charge in [0, 0.05) is 17.9 Å². The molecule has 1 heterocycles. The highest BCUT2D eigenvalue weighted by molar-refractivity contribution is 7.93. The average molecular weight is 374 g/mol. The van der Waals surface area contributed by atoms with Gasteiger partial charge >= 0.3 is 0 Å². The maximum atomic E-state index is 12.7. The van der Waals surface area contributed by atoms with Gasteiger partial charge in [0.1, 0.15) is 0 Å². The molecule has 0 saturated carbocycles. The van der Waals surface area contributed by atoms with E-state index in [-0.39, 0.29) is 12.5 Å². The number of carbonyl (C=O) groups excluding carboxylic acids is 1. The van der Waals surface area contributed by atoms with E-state index in [9.17, 15) is 13.2 Å². The lowest BCUT2D eigenvalue weighted by molar-refractivity contribution is -0.119. The van der Waals surface area contributed by atoms with Crippen molar-refractivity contribution >= 4 is 27.3 Å². The maximum absolute atomic E-state index is 12.7. The van der Waals surface area contributed by atoms with Crippen LogP contribution in [0.1, 0.15) is 11.1 Å². The lowest BCUT2D eigenvalue weighted by Crippen LogP contribution is -2.45. The highest BCUT2D eigenvalue weighted by Crippen LogP contribution is 2.20. The van der Waals surface area contributed by atoms with Crippen molar-refractivity contribution in [3.63, 3.8) is 0 Å². The molecule has 1 aliphatic heterocycles. The van der Waals surface area contributed by atoms with Gasteiger partial charge in [-0.25, -0.2) is 13.8 Å². The van der Waals surface area contributed by atoms with E-state index in [0.29, 0.717) is 11.4 Å². The van der Waals surface area contributed by atoms with Crippen LogP contribution in [0.2, 0.25) is 0 Å². The zero-order chi connectivity index (χ0) is 18.7. The molecule has 0 spiro atoms. The second-order valence-corrected chi connectivity index (χ2v) is 8.22. The van der Waals surface area contributed by atoms with Crippen LogP contribution in [0.5, 0.6) is 0 Å². The molecular formula is C18H22N4O3S. The predicted octanol–water partition coefficient (Wildman–Crippen LogP) is 1.73. The van der Waals surface area contributed by atoms with Crippen molar-refractivity contribution in [1.29, 1.82) is 0 Å². The first-order chi connectivity index (χ1) is 12.3. The third kappa shape index (κ3) is 4.21. The number of benzene rings is 2. The average Bonchev–Trinajstić information content (AvgIpc) is 3.10. The largest absolute Gasteiger partial charge is 0.326 e. The Balaban J connectivity index is 1.72. The van der Waals surface area contributed by atoms with Crippen molar-refractivity contribution in [3.05, 3.63) is 59.7 Å². The molecule has 1 fully saturated rings. The standard InChI is InChI=1S/C18H22N4O3S/c1-12-3-7-14(8-4-12)20-17(23)16-11-19-21-18(16)26(24,25)22-15-9-5-13(2)6-10-15/h3-10,16,18-19,21-22H,11H2,1-2H3,(H,20,23). The van der Waals surface area contributed by atoms with Crippen molar-refractivity contribution in [3.8, 4) is 0 Å². The molecule has 1 aliphatic rings. The van der Waals surface area contributed by atoms with E-state index in [1.807, 2.05) is 38.1 Å². The minimum absolute atomic E-state index is 0.219. The molecule has 0 radical (unpaired) electrons. The zero-order valence-electron chi connectivity index (χ0n) is 14.6. The van der Waals surface area contributed by atoms with Gasteiger partial charge in [0.25, 0.3) is 10.0 Å². The van der Waals surface area contributed by atoms with Crippen LogP contribution in [0.4, 0.5) is 11.4 Å². The number of aryl methyl sites for hydroxylation is 2. The Kier molecular flexibility index (Phi) is 5.26. The highest BCUT2D eigenvalue weighted by Gasteiger charge is 2.41. The zero-order valence-corrected chi connectivity index (χ0v) is 15.4. The van der Waals surface area contributed by atoms with Crippen LogP contribution in [-0.2, 0) is 14.8 Å². The van der Waals surface area contributed by atoms with Crippen LogP contribution in [0.25, 0.3) is 0 Å². The minimum atomic E-state index is -3.80. The third-order valence-electron chi connectivity index (χ3n) is 4.23. The lowest BCUT2D eigenvalue weighted by Gasteiger charge is -2.19. The van der Waals surface area contributed by atoms with E-state index in [1.165, 1.54) is 0 Å². The number of hydrazine groups is 1. The molecule has 0 aromatic heterocycles. The first-order valence-corrected chi connectivity index (χ1v) is 9.84. The van der Waals surface area contributed by atoms with Crippen molar-refractivity contribution < 1.29 is 13.2 Å². The molecule has 1 saturated heterocycles. The molecule has 2 aromatic carbocycles. The summed E-state index contributed by atoms with van der Waals surface area (Å²) in [6.45, 7) is 4.10. The smallest absolute Gasteiger partial charge is 0.250 e. The van der Waals surface area contributed by atoms with Gasteiger partial charge in [-0.2, -0.15) is 0 Å². The Morgan fingerprint density at radius 3 is 2.08 bits per heavy atom. The number of rotatable bonds is 5. The van der Waals surface area contributed by atoms with Gasteiger partial charge < -0.3 is 5.32 Å². The Morgan fingerprint density at radius 2 is 1.50 bits per heavy atom. The molecule has 3 rings (SSSR count). The number of amides is 1. The monoisotopic (exact) mass is 374 g/mol. The summed E-state index contributed by atoms with van der Waals surface area (Å²) in [5.41, 5.74) is 8.67. The summed E-state index contributed by atoms with van der Waals surface area (Å²) in [4.78, 5) is 12.6. The Morgan fingerprint density at radius 1 is 0.962 bits per heavy atom. The minimum Gasteiger partial charge on any atom is -0.326 e. The van der Waals surface area contributed by atoms with E-state index >= 15 is 0 Å². The molecule has 1 amide bonds. The molecular weight excluding hydrogens is 352 g/mol. The number of hydrogen-bond donors (Lipinski definition) is 4. The molecule has 2 unspecified atom stereocenters. The van der Waals surface area contributed by atoms with Crippen molar-refractivity contribution in [2.24, 2.45) is 5.92 Å². The third-order valence-corrected chi connectivity index (χ3v) is 5.87. The Hall–Kier alpha value is -2.42.